The first kappa shape index (κ1) is 33.8. The van der Waals surface area contributed by atoms with Crippen molar-refractivity contribution < 1.29 is 14.1 Å². The van der Waals surface area contributed by atoms with E-state index in [0.717, 1.165) is 36.6 Å². The summed E-state index contributed by atoms with van der Waals surface area (Å²) < 4.78 is 8.40. The highest BCUT2D eigenvalue weighted by Gasteiger charge is 2.21. The van der Waals surface area contributed by atoms with Gasteiger partial charge in [0.1, 0.15) is 5.75 Å². The Balaban J connectivity index is 1.36. The van der Waals surface area contributed by atoms with Crippen molar-refractivity contribution in [1.82, 2.24) is 0 Å². The number of nitrogens with zero attached hydrogens (tertiary/aromatic N) is 1. The number of nitrogens with one attached hydrogen (secondary N) is 1. The van der Waals surface area contributed by atoms with Gasteiger partial charge in [0.05, 0.1) is 12.0 Å². The third-order valence-electron chi connectivity index (χ3n) is 7.91. The van der Waals surface area contributed by atoms with Crippen molar-refractivity contribution >= 4 is 22.9 Å². The molecule has 0 saturated carbocycles. The summed E-state index contributed by atoms with van der Waals surface area (Å²) in [6, 6.07) is 13.9. The van der Waals surface area contributed by atoms with Gasteiger partial charge < -0.3 is 10.1 Å². The second-order valence-electron chi connectivity index (χ2n) is 12.8. The number of ether oxygens (including phenoxy) is 1. The fraction of sp³-hybridized carbons (Fsp3) is 0.568. The van der Waals surface area contributed by atoms with Gasteiger partial charge in [0, 0.05) is 22.4 Å². The second kappa shape index (κ2) is 18.8. The Hall–Kier alpha value is -2.66. The molecule has 0 saturated heterocycles. The number of amides is 1. The SMILES string of the molecule is CCCCCCCCCCCCCCCCOc1ccc(C(=O)Nc2ccc(C[n+]3ccsc3)cc2)cc1C(C)(C)C. The maximum Gasteiger partial charge on any atom is 0.255 e. The fourth-order valence-electron chi connectivity index (χ4n) is 5.32. The molecule has 42 heavy (non-hydrogen) atoms. The lowest BCUT2D eigenvalue weighted by atomic mass is 9.85. The summed E-state index contributed by atoms with van der Waals surface area (Å²) in [5, 5.41) is 5.12. The number of hydrogen-bond donors (Lipinski definition) is 1. The van der Waals surface area contributed by atoms with Gasteiger partial charge in [0.15, 0.2) is 12.7 Å². The van der Waals surface area contributed by atoms with Crippen LogP contribution in [0, 0.1) is 0 Å². The van der Waals surface area contributed by atoms with Gasteiger partial charge in [-0.1, -0.05) is 135 Å². The van der Waals surface area contributed by atoms with Crippen LogP contribution in [0.15, 0.2) is 59.6 Å². The topological polar surface area (TPSA) is 42.2 Å². The van der Waals surface area contributed by atoms with E-state index in [9.17, 15) is 4.79 Å². The molecule has 0 aliphatic rings. The number of carbonyl (C=O) groups is 1. The Morgan fingerprint density at radius 2 is 1.40 bits per heavy atom. The predicted molar refractivity (Wildman–Crippen MR) is 179 cm³/mol. The first-order valence-corrected chi connectivity index (χ1v) is 17.4. The summed E-state index contributed by atoms with van der Waals surface area (Å²) in [6.45, 7) is 10.4. The lowest BCUT2D eigenvalue weighted by molar-refractivity contribution is -0.683. The maximum atomic E-state index is 13.1. The van der Waals surface area contributed by atoms with Crippen LogP contribution >= 0.6 is 11.3 Å². The Morgan fingerprint density at radius 1 is 0.810 bits per heavy atom. The molecule has 0 unspecified atom stereocenters. The molecular weight excluding hydrogens is 536 g/mol. The maximum absolute atomic E-state index is 13.1. The Kier molecular flexibility index (Phi) is 15.1. The van der Waals surface area contributed by atoms with Crippen LogP contribution in [0.2, 0.25) is 0 Å². The van der Waals surface area contributed by atoms with Gasteiger partial charge in [-0.2, -0.15) is 4.57 Å². The van der Waals surface area contributed by atoms with E-state index in [4.69, 9.17) is 4.74 Å². The van der Waals surface area contributed by atoms with E-state index in [0.29, 0.717) is 5.56 Å². The Bertz CT molecular complexity index is 1150. The van der Waals surface area contributed by atoms with Crippen LogP contribution in [0.5, 0.6) is 5.75 Å². The number of anilines is 1. The fourth-order valence-corrected chi connectivity index (χ4v) is 5.92. The molecule has 1 aromatic heterocycles. The van der Waals surface area contributed by atoms with E-state index in [2.05, 4.69) is 66.8 Å². The molecule has 1 heterocycles. The molecule has 4 nitrogen and oxygen atoms in total. The van der Waals surface area contributed by atoms with E-state index >= 15 is 0 Å². The van der Waals surface area contributed by atoms with Gasteiger partial charge in [0.2, 0.25) is 5.51 Å². The zero-order chi connectivity index (χ0) is 30.0. The van der Waals surface area contributed by atoms with Crippen LogP contribution in [-0.4, -0.2) is 12.5 Å². The summed E-state index contributed by atoms with van der Waals surface area (Å²) in [5.41, 5.74) is 5.70. The Labute approximate surface area is 259 Å². The molecule has 3 aromatic rings. The molecule has 0 aliphatic heterocycles. The molecule has 0 atom stereocenters. The first-order valence-electron chi connectivity index (χ1n) is 16.5. The summed E-state index contributed by atoms with van der Waals surface area (Å²) in [5.74, 6) is 0.794. The number of aromatic nitrogens is 1. The normalized spacial score (nSPS) is 11.5. The van der Waals surface area contributed by atoms with Gasteiger partial charge in [-0.15, -0.1) is 0 Å². The van der Waals surface area contributed by atoms with Crippen molar-refractivity contribution in [1.29, 1.82) is 0 Å². The quantitative estimate of drug-likeness (QED) is 0.105. The molecule has 230 valence electrons. The average molecular weight is 592 g/mol. The van der Waals surface area contributed by atoms with E-state index in [-0.39, 0.29) is 11.3 Å². The second-order valence-corrected chi connectivity index (χ2v) is 13.5. The van der Waals surface area contributed by atoms with Crippen LogP contribution in [0.4, 0.5) is 5.69 Å². The van der Waals surface area contributed by atoms with Crippen LogP contribution in [0.1, 0.15) is 139 Å². The third kappa shape index (κ3) is 12.7. The Morgan fingerprint density at radius 3 is 1.95 bits per heavy atom. The molecule has 1 N–H and O–H groups in total. The number of benzene rings is 2. The molecule has 0 bridgehead atoms. The summed E-state index contributed by atoms with van der Waals surface area (Å²) in [6.07, 6.45) is 21.0. The summed E-state index contributed by atoms with van der Waals surface area (Å²) >= 11 is 1.68. The smallest absolute Gasteiger partial charge is 0.255 e. The molecule has 0 radical (unpaired) electrons. The van der Waals surface area contributed by atoms with Gasteiger partial charge in [-0.05, 0) is 42.2 Å². The molecule has 2 aromatic carbocycles. The number of carbonyl (C=O) groups excluding carboxylic acids is 1. The van der Waals surface area contributed by atoms with Gasteiger partial charge in [0.25, 0.3) is 5.91 Å². The van der Waals surface area contributed by atoms with Crippen molar-refractivity contribution in [2.45, 2.75) is 130 Å². The number of rotatable bonds is 20. The number of thiazole rings is 1. The van der Waals surface area contributed by atoms with E-state index in [1.54, 1.807) is 11.3 Å². The highest BCUT2D eigenvalue weighted by Crippen LogP contribution is 2.33. The highest BCUT2D eigenvalue weighted by atomic mass is 32.1. The van der Waals surface area contributed by atoms with Crippen LogP contribution < -0.4 is 14.6 Å². The van der Waals surface area contributed by atoms with E-state index in [1.807, 2.05) is 30.3 Å². The molecule has 0 aliphatic carbocycles. The highest BCUT2D eigenvalue weighted by molar-refractivity contribution is 7.07. The van der Waals surface area contributed by atoms with Crippen LogP contribution in [0.25, 0.3) is 0 Å². The van der Waals surface area contributed by atoms with Crippen LogP contribution in [0.3, 0.4) is 0 Å². The monoisotopic (exact) mass is 591 g/mol. The predicted octanol–water partition coefficient (Wildman–Crippen LogP) is 10.5. The zero-order valence-electron chi connectivity index (χ0n) is 26.8. The summed E-state index contributed by atoms with van der Waals surface area (Å²) in [4.78, 5) is 13.1. The van der Waals surface area contributed by atoms with Crippen molar-refractivity contribution in [3.63, 3.8) is 0 Å². The molecular formula is C37H55N2O2S+. The molecule has 1 amide bonds. The molecule has 3 rings (SSSR count). The first-order chi connectivity index (χ1) is 20.4. The lowest BCUT2D eigenvalue weighted by Gasteiger charge is -2.23. The van der Waals surface area contributed by atoms with Gasteiger partial charge >= 0.3 is 0 Å². The van der Waals surface area contributed by atoms with Crippen molar-refractivity contribution in [2.75, 3.05) is 11.9 Å². The van der Waals surface area contributed by atoms with Crippen molar-refractivity contribution in [3.05, 3.63) is 76.2 Å². The van der Waals surface area contributed by atoms with E-state index < -0.39 is 0 Å². The van der Waals surface area contributed by atoms with Gasteiger partial charge in [-0.25, -0.2) is 0 Å². The van der Waals surface area contributed by atoms with Crippen LogP contribution in [-0.2, 0) is 12.0 Å². The lowest BCUT2D eigenvalue weighted by Crippen LogP contribution is -2.30. The molecule has 0 spiro atoms. The largest absolute Gasteiger partial charge is 0.493 e. The minimum absolute atomic E-state index is 0.0982. The molecule has 5 heteroatoms. The summed E-state index contributed by atoms with van der Waals surface area (Å²) in [7, 11) is 0. The van der Waals surface area contributed by atoms with Gasteiger partial charge in [-0.3, -0.25) is 4.79 Å². The van der Waals surface area contributed by atoms with E-state index in [1.165, 1.54) is 89.0 Å². The standard InChI is InChI=1S/C37H54N2O2S/c1-5-6-7-8-9-10-11-12-13-14-15-16-17-18-26-41-35-24-21-32(28-34(35)37(2,3)4)36(40)38-33-22-19-31(20-23-33)29-39-25-27-42-30-39/h19-25,27-28,30H,5-18,26,29H2,1-4H3/p+1. The minimum Gasteiger partial charge on any atom is -0.493 e. The van der Waals surface area contributed by atoms with Crippen molar-refractivity contribution in [3.8, 4) is 5.75 Å². The minimum atomic E-state index is -0.123. The average Bonchev–Trinajstić information content (AvgIpc) is 3.49. The number of unbranched alkanes of at least 4 members (excludes halogenated alkanes) is 13. The molecule has 0 fully saturated rings. The van der Waals surface area contributed by atoms with Crippen molar-refractivity contribution in [2.24, 2.45) is 0 Å². The number of hydrogen-bond acceptors (Lipinski definition) is 3. The zero-order valence-corrected chi connectivity index (χ0v) is 27.6. The third-order valence-corrected chi connectivity index (χ3v) is 8.58.